The second-order valence-corrected chi connectivity index (χ2v) is 7.07. The van der Waals surface area contributed by atoms with Crippen LogP contribution in [-0.4, -0.2) is 57.0 Å². The highest BCUT2D eigenvalue weighted by Gasteiger charge is 2.56. The number of piperidine rings is 2. The van der Waals surface area contributed by atoms with Crippen molar-refractivity contribution in [3.8, 4) is 0 Å². The third kappa shape index (κ3) is 2.12. The number of nitrogens with one attached hydrogen (secondary N) is 4. The van der Waals surface area contributed by atoms with Gasteiger partial charge in [0.2, 0.25) is 0 Å². The summed E-state index contributed by atoms with van der Waals surface area (Å²) in [7, 11) is 0. The first-order valence-electron chi connectivity index (χ1n) is 7.32. The van der Waals surface area contributed by atoms with Crippen LogP contribution in [-0.2, 0) is 0 Å². The summed E-state index contributed by atoms with van der Waals surface area (Å²) >= 11 is 5.40. The first-order valence-corrected chi connectivity index (χ1v) is 7.73. The Bertz CT molecular complexity index is 330. The van der Waals surface area contributed by atoms with E-state index in [2.05, 4.69) is 24.5 Å². The van der Waals surface area contributed by atoms with Crippen molar-refractivity contribution in [3.05, 3.63) is 0 Å². The summed E-state index contributed by atoms with van der Waals surface area (Å²) in [6, 6.07) is 0.578. The van der Waals surface area contributed by atoms with E-state index in [4.69, 9.17) is 12.2 Å². The highest BCUT2D eigenvalue weighted by Crippen LogP contribution is 2.29. The van der Waals surface area contributed by atoms with E-state index in [9.17, 15) is 0 Å². The van der Waals surface area contributed by atoms with Gasteiger partial charge in [-0.25, -0.2) is 0 Å². The first-order chi connectivity index (χ1) is 8.60. The van der Waals surface area contributed by atoms with E-state index in [0.29, 0.717) is 11.5 Å². The fourth-order valence-electron chi connectivity index (χ4n) is 4.57. The average molecular weight is 270 g/mol. The maximum atomic E-state index is 5.40. The SMILES string of the molecule is CCNC(=S)N[C@H]1C2C[NH+]3CC[NH+](C2)CC1(C)C3. The van der Waals surface area contributed by atoms with Crippen LogP contribution in [0, 0.1) is 11.3 Å². The third-order valence-electron chi connectivity index (χ3n) is 5.09. The number of hydrogen-bond acceptors (Lipinski definition) is 1. The molecule has 102 valence electrons. The van der Waals surface area contributed by atoms with E-state index in [1.165, 1.54) is 39.3 Å². The molecular weight excluding hydrogens is 244 g/mol. The highest BCUT2D eigenvalue weighted by molar-refractivity contribution is 7.80. The van der Waals surface area contributed by atoms with E-state index >= 15 is 0 Å². The molecule has 4 N–H and O–H groups in total. The van der Waals surface area contributed by atoms with Gasteiger partial charge in [0.15, 0.2) is 5.11 Å². The van der Waals surface area contributed by atoms with Crippen molar-refractivity contribution in [2.45, 2.75) is 19.9 Å². The number of quaternary nitrogens is 2. The molecule has 0 aromatic heterocycles. The van der Waals surface area contributed by atoms with E-state index in [1.54, 1.807) is 0 Å². The van der Waals surface area contributed by atoms with Gasteiger partial charge in [-0.15, -0.1) is 0 Å². The quantitative estimate of drug-likeness (QED) is 0.411. The monoisotopic (exact) mass is 270 g/mol. The zero-order chi connectivity index (χ0) is 12.8. The standard InChI is InChI=1S/C13H24N4S/c1-3-14-12(18)15-11-10-6-16-4-5-17(7-10)9-13(11,2)8-16/h10-11H,3-9H2,1-2H3,(H2,14,15,18)/p+2/t10?,11-,13?/m0/s1. The van der Waals surface area contributed by atoms with E-state index in [-0.39, 0.29) is 0 Å². The number of fused-ring (bicyclic) bond motifs is 1. The summed E-state index contributed by atoms with van der Waals surface area (Å²) in [4.78, 5) is 3.64. The number of hydrogen-bond donors (Lipinski definition) is 4. The minimum atomic E-state index is 0.418. The van der Waals surface area contributed by atoms with Crippen LogP contribution in [0.25, 0.3) is 0 Å². The predicted molar refractivity (Wildman–Crippen MR) is 75.9 cm³/mol. The maximum absolute atomic E-state index is 5.40. The topological polar surface area (TPSA) is 32.9 Å². The Hall–Kier alpha value is -0.390. The van der Waals surface area contributed by atoms with E-state index in [1.807, 2.05) is 9.80 Å². The summed E-state index contributed by atoms with van der Waals surface area (Å²) in [6.07, 6.45) is 0. The summed E-state index contributed by atoms with van der Waals surface area (Å²) in [5.74, 6) is 0.793. The average Bonchev–Trinajstić information content (AvgIpc) is 2.52. The smallest absolute Gasteiger partial charge is 0.166 e. The molecule has 0 aromatic carbocycles. The van der Waals surface area contributed by atoms with Gasteiger partial charge < -0.3 is 20.4 Å². The van der Waals surface area contributed by atoms with Crippen LogP contribution in [0.3, 0.4) is 0 Å². The van der Waals surface area contributed by atoms with Gasteiger partial charge in [0, 0.05) is 6.54 Å². The van der Waals surface area contributed by atoms with Crippen molar-refractivity contribution < 1.29 is 9.80 Å². The summed E-state index contributed by atoms with van der Waals surface area (Å²) in [6.45, 7) is 13.5. The van der Waals surface area contributed by atoms with Crippen LogP contribution < -0.4 is 20.4 Å². The van der Waals surface area contributed by atoms with Crippen LogP contribution in [0.1, 0.15) is 13.8 Å². The molecule has 18 heavy (non-hydrogen) atoms. The second kappa shape index (κ2) is 4.62. The lowest BCUT2D eigenvalue weighted by atomic mass is 9.69. The van der Waals surface area contributed by atoms with Crippen molar-refractivity contribution in [2.24, 2.45) is 11.3 Å². The number of thiocarbonyl (C=S) groups is 1. The largest absolute Gasteiger partial charge is 0.363 e. The molecule has 0 spiro atoms. The lowest BCUT2D eigenvalue weighted by molar-refractivity contribution is -0.918. The molecule has 5 heteroatoms. The van der Waals surface area contributed by atoms with Gasteiger partial charge in [-0.05, 0) is 26.1 Å². The molecule has 0 aliphatic carbocycles. The van der Waals surface area contributed by atoms with Crippen LogP contribution in [0.15, 0.2) is 0 Å². The van der Waals surface area contributed by atoms with Gasteiger partial charge in [0.1, 0.15) is 13.1 Å². The molecule has 4 aliphatic heterocycles. The Kier molecular flexibility index (Phi) is 3.24. The molecule has 4 fully saturated rings. The Morgan fingerprint density at radius 1 is 1.28 bits per heavy atom. The van der Waals surface area contributed by atoms with Gasteiger partial charge in [-0.3, -0.25) is 0 Å². The van der Waals surface area contributed by atoms with Crippen LogP contribution in [0.2, 0.25) is 0 Å². The normalized spacial score (nSPS) is 45.7. The van der Waals surface area contributed by atoms with Crippen molar-refractivity contribution in [2.75, 3.05) is 45.8 Å². The Balaban J connectivity index is 1.77. The van der Waals surface area contributed by atoms with Crippen molar-refractivity contribution in [1.29, 1.82) is 0 Å². The Morgan fingerprint density at radius 2 is 1.89 bits per heavy atom. The van der Waals surface area contributed by atoms with Crippen molar-refractivity contribution in [1.82, 2.24) is 10.6 Å². The molecule has 0 aromatic rings. The van der Waals surface area contributed by atoms with Crippen molar-refractivity contribution in [3.63, 3.8) is 0 Å². The van der Waals surface area contributed by atoms with Crippen LogP contribution in [0.5, 0.6) is 0 Å². The molecule has 4 bridgehead atoms. The van der Waals surface area contributed by atoms with E-state index in [0.717, 1.165) is 17.6 Å². The summed E-state index contributed by atoms with van der Waals surface area (Å²) in [5, 5.41) is 7.72. The summed E-state index contributed by atoms with van der Waals surface area (Å²) < 4.78 is 0. The molecule has 0 radical (unpaired) electrons. The van der Waals surface area contributed by atoms with Gasteiger partial charge in [0.25, 0.3) is 0 Å². The summed E-state index contributed by atoms with van der Waals surface area (Å²) in [5.41, 5.74) is 0.418. The molecule has 4 heterocycles. The molecule has 4 nitrogen and oxygen atoms in total. The second-order valence-electron chi connectivity index (χ2n) is 6.66. The fraction of sp³-hybridized carbons (Fsp3) is 0.923. The molecule has 2 unspecified atom stereocenters. The van der Waals surface area contributed by atoms with Crippen molar-refractivity contribution >= 4 is 17.3 Å². The molecule has 0 amide bonds. The molecule has 4 rings (SSSR count). The van der Waals surface area contributed by atoms with Gasteiger partial charge in [-0.2, -0.15) is 0 Å². The molecule has 4 saturated heterocycles. The first kappa shape index (κ1) is 12.6. The molecule has 4 aliphatic rings. The zero-order valence-corrected chi connectivity index (χ0v) is 12.3. The number of rotatable bonds is 2. The van der Waals surface area contributed by atoms with E-state index < -0.39 is 0 Å². The van der Waals surface area contributed by atoms with Gasteiger partial charge >= 0.3 is 0 Å². The van der Waals surface area contributed by atoms with Crippen LogP contribution in [0.4, 0.5) is 0 Å². The molecule has 3 atom stereocenters. The Morgan fingerprint density at radius 3 is 2.39 bits per heavy atom. The maximum Gasteiger partial charge on any atom is 0.166 e. The molecule has 0 saturated carbocycles. The lowest BCUT2D eigenvalue weighted by Gasteiger charge is -2.49. The third-order valence-corrected chi connectivity index (χ3v) is 5.35. The lowest BCUT2D eigenvalue weighted by Crippen LogP contribution is -3.17. The van der Waals surface area contributed by atoms with Crippen LogP contribution >= 0.6 is 12.2 Å². The Labute approximate surface area is 115 Å². The van der Waals surface area contributed by atoms with Gasteiger partial charge in [-0.1, -0.05) is 0 Å². The van der Waals surface area contributed by atoms with Gasteiger partial charge in [0.05, 0.1) is 43.6 Å². The fourth-order valence-corrected chi connectivity index (χ4v) is 4.84. The molecular formula is C13H26N4S+2. The minimum Gasteiger partial charge on any atom is -0.363 e. The highest BCUT2D eigenvalue weighted by atomic mass is 32.1. The minimum absolute atomic E-state index is 0.418. The zero-order valence-electron chi connectivity index (χ0n) is 11.5. The predicted octanol–water partition coefficient (Wildman–Crippen LogP) is -2.73.